The summed E-state index contributed by atoms with van der Waals surface area (Å²) in [6, 6.07) is 30.6. The Bertz CT molecular complexity index is 2140. The standard InChI is InChI=1S/C45H56N3O13PS/c1-54-37-16-18-39(19-17-37)63(52,53)48(22-21-47-23-26-55-27-24-47)29-42(49)41(46-45(50)61-43-32-57-44-40(43)20-25-56-44)28-34-12-14-38(15-13-34)58-33-62(51,59-30-35-8-4-2-5-9-35)60-31-36-10-6-3-7-11-36/h2-19,40-44,49H,20-33H2,1H3,(H,46,50)/t40-,41-,42+,43-,44+/m0/s1. The first kappa shape index (κ1) is 46.6. The molecule has 3 heterocycles. The highest BCUT2D eigenvalue weighted by molar-refractivity contribution is 7.89. The average Bonchev–Trinajstić information content (AvgIpc) is 3.95. The van der Waals surface area contributed by atoms with Gasteiger partial charge >= 0.3 is 13.7 Å². The minimum Gasteiger partial charge on any atom is -0.497 e. The van der Waals surface area contributed by atoms with Crippen molar-refractivity contribution in [3.8, 4) is 11.5 Å². The quantitative estimate of drug-likeness (QED) is 0.0952. The Labute approximate surface area is 368 Å². The molecule has 18 heteroatoms. The maximum atomic E-state index is 14.2. The summed E-state index contributed by atoms with van der Waals surface area (Å²) in [6.45, 7) is 3.30. The monoisotopic (exact) mass is 909 g/mol. The van der Waals surface area contributed by atoms with E-state index in [1.165, 1.54) is 23.5 Å². The number of ether oxygens (including phenoxy) is 6. The number of rotatable bonds is 22. The normalized spacial score (nSPS) is 20.2. The number of amides is 1. The number of carbonyl (C=O) groups is 1. The van der Waals surface area contributed by atoms with Crippen LogP contribution < -0.4 is 14.8 Å². The number of aliphatic hydroxyl groups excluding tert-OH is 1. The number of methoxy groups -OCH3 is 1. The number of benzene rings is 4. The Morgan fingerprint density at radius 2 is 1.49 bits per heavy atom. The van der Waals surface area contributed by atoms with E-state index in [1.807, 2.05) is 60.7 Å². The molecule has 3 aliphatic heterocycles. The number of alkyl carbamates (subject to hydrolysis) is 1. The zero-order valence-corrected chi connectivity index (χ0v) is 37.0. The van der Waals surface area contributed by atoms with Crippen LogP contribution in [0.15, 0.2) is 114 Å². The maximum Gasteiger partial charge on any atom is 0.407 e. The van der Waals surface area contributed by atoms with Gasteiger partial charge in [0, 0.05) is 32.7 Å². The molecular weight excluding hydrogens is 854 g/mol. The van der Waals surface area contributed by atoms with Gasteiger partial charge in [-0.3, -0.25) is 9.46 Å². The van der Waals surface area contributed by atoms with Crippen molar-refractivity contribution < 1.29 is 60.4 Å². The predicted molar refractivity (Wildman–Crippen MR) is 232 cm³/mol. The summed E-state index contributed by atoms with van der Waals surface area (Å²) in [6.07, 6.45) is -2.74. The summed E-state index contributed by atoms with van der Waals surface area (Å²) in [5.74, 6) is 0.766. The van der Waals surface area contributed by atoms with Crippen LogP contribution in [-0.2, 0) is 62.2 Å². The van der Waals surface area contributed by atoms with Crippen molar-refractivity contribution in [2.75, 3.05) is 72.6 Å². The SMILES string of the molecule is COc1ccc(S(=O)(=O)N(CCN2CCOCC2)C[C@@H](O)[C@H](Cc2ccc(OCP(=O)(OCc3ccccc3)OCc3ccccc3)cc2)NC(=O)O[C@H]2CO[C@H]3OCC[C@H]32)cc1. The van der Waals surface area contributed by atoms with Crippen LogP contribution in [0.3, 0.4) is 0 Å². The van der Waals surface area contributed by atoms with E-state index in [4.69, 9.17) is 37.5 Å². The van der Waals surface area contributed by atoms with Crippen LogP contribution in [0.4, 0.5) is 4.79 Å². The zero-order chi connectivity index (χ0) is 44.1. The number of morpholine rings is 1. The molecule has 5 atom stereocenters. The molecule has 63 heavy (non-hydrogen) atoms. The van der Waals surface area contributed by atoms with Crippen LogP contribution in [0.5, 0.6) is 11.5 Å². The largest absolute Gasteiger partial charge is 0.497 e. The average molecular weight is 910 g/mol. The molecule has 3 saturated heterocycles. The van der Waals surface area contributed by atoms with Crippen LogP contribution >= 0.6 is 7.60 Å². The first-order chi connectivity index (χ1) is 30.6. The number of hydrogen-bond donors (Lipinski definition) is 2. The molecule has 0 spiro atoms. The first-order valence-electron chi connectivity index (χ1n) is 21.1. The van der Waals surface area contributed by atoms with Gasteiger partial charge in [-0.1, -0.05) is 72.8 Å². The van der Waals surface area contributed by atoms with Crippen molar-refractivity contribution in [2.45, 2.75) is 55.5 Å². The van der Waals surface area contributed by atoms with Crippen LogP contribution in [0, 0.1) is 5.92 Å². The van der Waals surface area contributed by atoms with Gasteiger partial charge in [-0.2, -0.15) is 4.31 Å². The third-order valence-corrected chi connectivity index (χ3v) is 14.5. The molecule has 4 aromatic rings. The predicted octanol–water partition coefficient (Wildman–Crippen LogP) is 5.44. The van der Waals surface area contributed by atoms with Gasteiger partial charge in [-0.15, -0.1) is 0 Å². The fourth-order valence-electron chi connectivity index (χ4n) is 7.51. The lowest BCUT2D eigenvalue weighted by molar-refractivity contribution is -0.0907. The Balaban J connectivity index is 1.06. The molecule has 340 valence electrons. The Morgan fingerprint density at radius 3 is 2.13 bits per heavy atom. The second kappa shape index (κ2) is 22.5. The molecule has 0 unspecified atom stereocenters. The van der Waals surface area contributed by atoms with E-state index >= 15 is 0 Å². The third-order valence-electron chi connectivity index (χ3n) is 11.2. The molecule has 0 aliphatic carbocycles. The topological polar surface area (TPSA) is 181 Å². The van der Waals surface area contributed by atoms with Gasteiger partial charge in [0.15, 0.2) is 12.6 Å². The molecule has 16 nitrogen and oxygen atoms in total. The van der Waals surface area contributed by atoms with Gasteiger partial charge in [0.25, 0.3) is 0 Å². The number of fused-ring (bicyclic) bond motifs is 1. The molecule has 4 aromatic carbocycles. The number of carbonyl (C=O) groups excluding carboxylic acids is 1. The van der Waals surface area contributed by atoms with Crippen molar-refractivity contribution in [2.24, 2.45) is 5.92 Å². The molecule has 2 N–H and O–H groups in total. The van der Waals surface area contributed by atoms with Gasteiger partial charge in [-0.25, -0.2) is 13.2 Å². The molecule has 0 radical (unpaired) electrons. The van der Waals surface area contributed by atoms with Gasteiger partial charge in [0.2, 0.25) is 10.0 Å². The fourth-order valence-corrected chi connectivity index (χ4v) is 10.2. The Hall–Kier alpha value is -4.39. The summed E-state index contributed by atoms with van der Waals surface area (Å²) >= 11 is 0. The Morgan fingerprint density at radius 1 is 0.857 bits per heavy atom. The van der Waals surface area contributed by atoms with E-state index in [0.29, 0.717) is 62.9 Å². The van der Waals surface area contributed by atoms with Crippen molar-refractivity contribution >= 4 is 23.7 Å². The van der Waals surface area contributed by atoms with E-state index in [1.54, 1.807) is 36.4 Å². The molecule has 1 amide bonds. The van der Waals surface area contributed by atoms with Crippen LogP contribution in [-0.4, -0.2) is 126 Å². The van der Waals surface area contributed by atoms with Gasteiger partial charge in [0.05, 0.1) is 69.7 Å². The van der Waals surface area contributed by atoms with E-state index in [9.17, 15) is 22.9 Å². The van der Waals surface area contributed by atoms with Crippen molar-refractivity contribution in [3.05, 3.63) is 126 Å². The minimum atomic E-state index is -4.12. The number of nitrogens with zero attached hydrogens (tertiary/aromatic N) is 2. The van der Waals surface area contributed by atoms with Crippen LogP contribution in [0.25, 0.3) is 0 Å². The molecule has 3 aliphatic rings. The first-order valence-corrected chi connectivity index (χ1v) is 24.2. The van der Waals surface area contributed by atoms with Crippen LogP contribution in [0.1, 0.15) is 23.1 Å². The van der Waals surface area contributed by atoms with E-state index < -0.39 is 48.3 Å². The number of sulfonamides is 1. The van der Waals surface area contributed by atoms with E-state index in [-0.39, 0.29) is 56.5 Å². The lowest BCUT2D eigenvalue weighted by Gasteiger charge is -2.32. The summed E-state index contributed by atoms with van der Waals surface area (Å²) in [5.41, 5.74) is 2.33. The van der Waals surface area contributed by atoms with E-state index in [0.717, 1.165) is 11.1 Å². The van der Waals surface area contributed by atoms with Gasteiger partial charge < -0.3 is 47.9 Å². The second-order valence-corrected chi connectivity index (χ2v) is 19.5. The minimum absolute atomic E-state index is 0.0343. The zero-order valence-electron chi connectivity index (χ0n) is 35.3. The van der Waals surface area contributed by atoms with Crippen molar-refractivity contribution in [3.63, 3.8) is 0 Å². The fraction of sp³-hybridized carbons (Fsp3) is 0.444. The molecule has 7 rings (SSSR count). The van der Waals surface area contributed by atoms with E-state index in [2.05, 4.69) is 10.2 Å². The number of hydrogen-bond acceptors (Lipinski definition) is 14. The Kier molecular flexibility index (Phi) is 16.6. The molecule has 0 bridgehead atoms. The smallest absolute Gasteiger partial charge is 0.407 e. The van der Waals surface area contributed by atoms with Crippen molar-refractivity contribution in [1.29, 1.82) is 0 Å². The molecule has 0 aromatic heterocycles. The van der Waals surface area contributed by atoms with Gasteiger partial charge in [-0.05, 0) is 65.9 Å². The highest BCUT2D eigenvalue weighted by Gasteiger charge is 2.44. The summed E-state index contributed by atoms with van der Waals surface area (Å²) in [4.78, 5) is 15.7. The highest BCUT2D eigenvalue weighted by atomic mass is 32.2. The number of aliphatic hydroxyl groups is 1. The lowest BCUT2D eigenvalue weighted by Crippen LogP contribution is -2.52. The molecule has 3 fully saturated rings. The maximum absolute atomic E-state index is 14.2. The second-order valence-electron chi connectivity index (χ2n) is 15.5. The summed E-state index contributed by atoms with van der Waals surface area (Å²) < 4.78 is 89.2. The summed E-state index contributed by atoms with van der Waals surface area (Å²) in [5, 5.41) is 14.8. The lowest BCUT2D eigenvalue weighted by atomic mass is 10.0. The molecular formula is C45H56N3O13PS. The molecule has 0 saturated carbocycles. The van der Waals surface area contributed by atoms with Crippen molar-refractivity contribution in [1.82, 2.24) is 14.5 Å². The van der Waals surface area contributed by atoms with Crippen LogP contribution in [0.2, 0.25) is 0 Å². The number of nitrogens with one attached hydrogen (secondary N) is 1. The highest BCUT2D eigenvalue weighted by Crippen LogP contribution is 2.50. The third kappa shape index (κ3) is 13.3. The van der Waals surface area contributed by atoms with Gasteiger partial charge in [0.1, 0.15) is 17.6 Å². The summed E-state index contributed by atoms with van der Waals surface area (Å²) in [7, 11) is -6.40.